The summed E-state index contributed by atoms with van der Waals surface area (Å²) in [5, 5.41) is 0. The van der Waals surface area contributed by atoms with Crippen LogP contribution in [0.1, 0.15) is 0 Å². The van der Waals surface area contributed by atoms with Crippen LogP contribution in [0.3, 0.4) is 0 Å². The van der Waals surface area contributed by atoms with Crippen LogP contribution in [0.4, 0.5) is 4.39 Å². The van der Waals surface area contributed by atoms with Gasteiger partial charge in [0.15, 0.2) is 0 Å². The molecular formula is C9H6FN3O. The lowest BCUT2D eigenvalue weighted by molar-refractivity contribution is 0.601. The minimum absolute atomic E-state index is 0.332. The maximum atomic E-state index is 12.6. The van der Waals surface area contributed by atoms with Crippen LogP contribution in [0.2, 0.25) is 0 Å². The molecule has 0 aliphatic heterocycles. The number of aromatic amines is 1. The molecule has 0 aliphatic carbocycles. The number of H-pyrrole nitrogens is 1. The Balaban J connectivity index is 2.54. The predicted octanol–water partition coefficient (Wildman–Crippen LogP) is 0.971. The van der Waals surface area contributed by atoms with E-state index in [0.717, 1.165) is 6.20 Å². The van der Waals surface area contributed by atoms with Crippen LogP contribution in [0.15, 0.2) is 35.5 Å². The predicted molar refractivity (Wildman–Crippen MR) is 48.0 cm³/mol. The van der Waals surface area contributed by atoms with Gasteiger partial charge >= 0.3 is 0 Å². The molecule has 14 heavy (non-hydrogen) atoms. The molecule has 0 bridgehead atoms. The second-order valence-electron chi connectivity index (χ2n) is 2.64. The van der Waals surface area contributed by atoms with Gasteiger partial charge in [0, 0.05) is 18.0 Å². The van der Waals surface area contributed by atoms with Crippen molar-refractivity contribution >= 4 is 0 Å². The van der Waals surface area contributed by atoms with Gasteiger partial charge in [0.1, 0.15) is 5.82 Å². The Kier molecular flexibility index (Phi) is 2.06. The van der Waals surface area contributed by atoms with Gasteiger partial charge in [0.2, 0.25) is 5.82 Å². The topological polar surface area (TPSA) is 58.6 Å². The van der Waals surface area contributed by atoms with E-state index in [2.05, 4.69) is 15.0 Å². The van der Waals surface area contributed by atoms with E-state index in [1.165, 1.54) is 0 Å². The average molecular weight is 191 g/mol. The molecule has 4 nitrogen and oxygen atoms in total. The normalized spacial score (nSPS) is 10.1. The van der Waals surface area contributed by atoms with Crippen LogP contribution < -0.4 is 5.56 Å². The molecule has 2 aromatic heterocycles. The van der Waals surface area contributed by atoms with Crippen molar-refractivity contribution in [2.75, 3.05) is 0 Å². The summed E-state index contributed by atoms with van der Waals surface area (Å²) in [5.74, 6) is -0.554. The fraction of sp³-hybridized carbons (Fsp3) is 0. The van der Waals surface area contributed by atoms with E-state index in [4.69, 9.17) is 0 Å². The van der Waals surface area contributed by atoms with Crippen molar-refractivity contribution < 1.29 is 4.39 Å². The molecule has 0 unspecified atom stereocenters. The maximum Gasteiger partial charge on any atom is 0.287 e. The fourth-order valence-electron chi connectivity index (χ4n) is 1.04. The molecule has 70 valence electrons. The van der Waals surface area contributed by atoms with E-state index in [1.54, 1.807) is 24.5 Å². The molecule has 2 heterocycles. The Labute approximate surface area is 78.5 Å². The van der Waals surface area contributed by atoms with Gasteiger partial charge in [-0.1, -0.05) is 0 Å². The Morgan fingerprint density at radius 3 is 2.64 bits per heavy atom. The van der Waals surface area contributed by atoms with Crippen molar-refractivity contribution in [2.45, 2.75) is 0 Å². The first kappa shape index (κ1) is 8.55. The molecule has 1 N–H and O–H groups in total. The minimum atomic E-state index is -0.886. The summed E-state index contributed by atoms with van der Waals surface area (Å²) in [5.41, 5.74) is -0.0797. The van der Waals surface area contributed by atoms with E-state index in [1.807, 2.05) is 0 Å². The van der Waals surface area contributed by atoms with E-state index in [0.29, 0.717) is 11.4 Å². The lowest BCUT2D eigenvalue weighted by Gasteiger charge is -1.98. The Morgan fingerprint density at radius 2 is 2.00 bits per heavy atom. The molecule has 0 amide bonds. The van der Waals surface area contributed by atoms with Crippen LogP contribution in [-0.4, -0.2) is 15.0 Å². The number of pyridine rings is 1. The highest BCUT2D eigenvalue weighted by molar-refractivity contribution is 5.52. The van der Waals surface area contributed by atoms with Crippen molar-refractivity contribution in [1.29, 1.82) is 0 Å². The summed E-state index contributed by atoms with van der Waals surface area (Å²) in [7, 11) is 0. The van der Waals surface area contributed by atoms with E-state index < -0.39 is 11.4 Å². The smallest absolute Gasteiger partial charge is 0.287 e. The van der Waals surface area contributed by atoms with E-state index in [-0.39, 0.29) is 0 Å². The number of halogens is 1. The highest BCUT2D eigenvalue weighted by atomic mass is 19.1. The maximum absolute atomic E-state index is 12.6. The van der Waals surface area contributed by atoms with Gasteiger partial charge in [-0.2, -0.15) is 4.39 Å². The molecule has 0 radical (unpaired) electrons. The molecule has 0 fully saturated rings. The number of hydrogen-bond acceptors (Lipinski definition) is 3. The van der Waals surface area contributed by atoms with Crippen molar-refractivity contribution in [1.82, 2.24) is 15.0 Å². The molecule has 2 aromatic rings. The summed E-state index contributed by atoms with van der Waals surface area (Å²) in [6.07, 6.45) is 4.03. The number of nitrogens with one attached hydrogen (secondary N) is 1. The van der Waals surface area contributed by atoms with E-state index >= 15 is 0 Å². The van der Waals surface area contributed by atoms with Crippen LogP contribution in [0.25, 0.3) is 11.4 Å². The number of hydrogen-bond donors (Lipinski definition) is 1. The largest absolute Gasteiger partial charge is 0.304 e. The summed E-state index contributed by atoms with van der Waals surface area (Å²) in [6.45, 7) is 0. The standard InChI is InChI=1S/C9H6FN3O/c10-7-5-12-8(13-9(7)14)6-1-3-11-4-2-6/h1-5H,(H,12,13,14). The van der Waals surface area contributed by atoms with E-state index in [9.17, 15) is 9.18 Å². The zero-order chi connectivity index (χ0) is 9.97. The zero-order valence-corrected chi connectivity index (χ0v) is 7.07. The molecule has 0 spiro atoms. The zero-order valence-electron chi connectivity index (χ0n) is 7.07. The summed E-state index contributed by atoms with van der Waals surface area (Å²) >= 11 is 0. The van der Waals surface area contributed by atoms with Gasteiger partial charge in [0.05, 0.1) is 6.20 Å². The summed E-state index contributed by atoms with van der Waals surface area (Å²) in [6, 6.07) is 3.35. The van der Waals surface area contributed by atoms with Crippen molar-refractivity contribution in [3.8, 4) is 11.4 Å². The minimum Gasteiger partial charge on any atom is -0.304 e. The fourth-order valence-corrected chi connectivity index (χ4v) is 1.04. The SMILES string of the molecule is O=c1[nH]c(-c2ccncc2)ncc1F. The molecule has 0 aliphatic rings. The first-order chi connectivity index (χ1) is 6.77. The quantitative estimate of drug-likeness (QED) is 0.730. The third kappa shape index (κ3) is 1.52. The van der Waals surface area contributed by atoms with Gasteiger partial charge in [-0.25, -0.2) is 4.98 Å². The Bertz CT molecular complexity index is 495. The van der Waals surface area contributed by atoms with Crippen LogP contribution in [0, 0.1) is 5.82 Å². The number of aromatic nitrogens is 3. The highest BCUT2D eigenvalue weighted by Crippen LogP contribution is 2.09. The molecule has 0 aromatic carbocycles. The monoisotopic (exact) mass is 191 g/mol. The summed E-state index contributed by atoms with van der Waals surface area (Å²) in [4.78, 5) is 20.8. The first-order valence-electron chi connectivity index (χ1n) is 3.92. The second kappa shape index (κ2) is 3.37. The molecule has 5 heteroatoms. The summed E-state index contributed by atoms with van der Waals surface area (Å²) < 4.78 is 12.6. The average Bonchev–Trinajstić information content (AvgIpc) is 2.23. The Morgan fingerprint density at radius 1 is 1.29 bits per heavy atom. The first-order valence-corrected chi connectivity index (χ1v) is 3.92. The molecule has 2 rings (SSSR count). The molecule has 0 saturated heterocycles. The second-order valence-corrected chi connectivity index (χ2v) is 2.64. The number of rotatable bonds is 1. The molecule has 0 saturated carbocycles. The Hall–Kier alpha value is -2.04. The van der Waals surface area contributed by atoms with Crippen molar-refractivity contribution in [2.24, 2.45) is 0 Å². The van der Waals surface area contributed by atoms with Gasteiger partial charge in [0.25, 0.3) is 5.56 Å². The lowest BCUT2D eigenvalue weighted by Crippen LogP contribution is -2.12. The van der Waals surface area contributed by atoms with Gasteiger partial charge in [-0.3, -0.25) is 9.78 Å². The van der Waals surface area contributed by atoms with Crippen LogP contribution in [-0.2, 0) is 0 Å². The third-order valence-corrected chi connectivity index (χ3v) is 1.71. The highest BCUT2D eigenvalue weighted by Gasteiger charge is 2.02. The van der Waals surface area contributed by atoms with Gasteiger partial charge in [-0.05, 0) is 12.1 Å². The molecular weight excluding hydrogens is 185 g/mol. The van der Waals surface area contributed by atoms with Crippen LogP contribution in [0.5, 0.6) is 0 Å². The lowest BCUT2D eigenvalue weighted by atomic mass is 10.2. The van der Waals surface area contributed by atoms with Crippen LogP contribution >= 0.6 is 0 Å². The number of nitrogens with zero attached hydrogens (tertiary/aromatic N) is 2. The van der Waals surface area contributed by atoms with Gasteiger partial charge < -0.3 is 4.98 Å². The molecule has 0 atom stereocenters. The van der Waals surface area contributed by atoms with Crippen molar-refractivity contribution in [3.05, 3.63) is 46.9 Å². The third-order valence-electron chi connectivity index (χ3n) is 1.71. The van der Waals surface area contributed by atoms with Crippen molar-refractivity contribution in [3.63, 3.8) is 0 Å². The van der Waals surface area contributed by atoms with Gasteiger partial charge in [-0.15, -0.1) is 0 Å².